The maximum absolute atomic E-state index is 5.05. The summed E-state index contributed by atoms with van der Waals surface area (Å²) in [6.07, 6.45) is 3.29. The third kappa shape index (κ3) is 1.83. The average molecular weight is 229 g/mol. The second-order valence-electron chi connectivity index (χ2n) is 3.71. The topological polar surface area (TPSA) is 72.8 Å². The molecule has 3 heterocycles. The summed E-state index contributed by atoms with van der Waals surface area (Å²) in [7, 11) is 1.57. The molecule has 0 spiro atoms. The molecule has 6 nitrogen and oxygen atoms in total. The third-order valence-electron chi connectivity index (χ3n) is 2.64. The van der Waals surface area contributed by atoms with Crippen LogP contribution in [0.15, 0.2) is 18.6 Å². The summed E-state index contributed by atoms with van der Waals surface area (Å²) in [5.41, 5.74) is 2.86. The zero-order chi connectivity index (χ0) is 11.7. The van der Waals surface area contributed by atoms with E-state index in [1.807, 2.05) is 6.20 Å². The Balaban J connectivity index is 2.03. The summed E-state index contributed by atoms with van der Waals surface area (Å²) in [4.78, 5) is 16.9. The van der Waals surface area contributed by atoms with Crippen molar-refractivity contribution in [3.8, 4) is 17.4 Å². The van der Waals surface area contributed by atoms with Gasteiger partial charge in [-0.1, -0.05) is 0 Å². The summed E-state index contributed by atoms with van der Waals surface area (Å²) in [5, 5.41) is 3.23. The highest BCUT2D eigenvalue weighted by molar-refractivity contribution is 5.50. The van der Waals surface area contributed by atoms with Crippen LogP contribution in [-0.2, 0) is 13.1 Å². The van der Waals surface area contributed by atoms with E-state index in [-0.39, 0.29) is 0 Å². The van der Waals surface area contributed by atoms with Crippen LogP contribution in [0.25, 0.3) is 11.5 Å². The van der Waals surface area contributed by atoms with Crippen LogP contribution in [0.4, 0.5) is 0 Å². The van der Waals surface area contributed by atoms with Gasteiger partial charge in [0, 0.05) is 30.9 Å². The van der Waals surface area contributed by atoms with E-state index in [9.17, 15) is 0 Å². The van der Waals surface area contributed by atoms with Gasteiger partial charge in [-0.2, -0.15) is 0 Å². The Hall–Kier alpha value is -2.08. The Kier molecular flexibility index (Phi) is 2.41. The van der Waals surface area contributed by atoms with Crippen LogP contribution >= 0.6 is 0 Å². The lowest BCUT2D eigenvalue weighted by Crippen LogP contribution is -2.00. The molecule has 1 N–H and O–H groups in total. The molecule has 2 aromatic rings. The largest absolute Gasteiger partial charge is 0.481 e. The van der Waals surface area contributed by atoms with Crippen molar-refractivity contribution in [3.63, 3.8) is 0 Å². The van der Waals surface area contributed by atoms with Crippen LogP contribution in [0.5, 0.6) is 5.88 Å². The van der Waals surface area contributed by atoms with Crippen LogP contribution in [0.3, 0.4) is 0 Å². The van der Waals surface area contributed by atoms with E-state index in [2.05, 4.69) is 25.3 Å². The Morgan fingerprint density at radius 2 is 2.18 bits per heavy atom. The van der Waals surface area contributed by atoms with Gasteiger partial charge < -0.3 is 10.1 Å². The van der Waals surface area contributed by atoms with Crippen molar-refractivity contribution in [2.45, 2.75) is 13.1 Å². The first-order valence-electron chi connectivity index (χ1n) is 5.29. The molecule has 0 amide bonds. The molecule has 0 bridgehead atoms. The van der Waals surface area contributed by atoms with E-state index < -0.39 is 0 Å². The number of hydrogen-bond donors (Lipinski definition) is 1. The number of nitrogens with one attached hydrogen (secondary N) is 1. The van der Waals surface area contributed by atoms with Crippen molar-refractivity contribution in [2.24, 2.45) is 0 Å². The maximum atomic E-state index is 5.05. The highest BCUT2D eigenvalue weighted by Crippen LogP contribution is 2.19. The predicted molar refractivity (Wildman–Crippen MR) is 60.2 cm³/mol. The molecule has 3 rings (SSSR count). The fourth-order valence-electron chi connectivity index (χ4n) is 1.76. The van der Waals surface area contributed by atoms with Crippen molar-refractivity contribution < 1.29 is 4.74 Å². The molecule has 1 aliphatic rings. The SMILES string of the molecule is COc1cc(-c2ncc3c(n2)CNC3)ncn1. The molecule has 86 valence electrons. The zero-order valence-corrected chi connectivity index (χ0v) is 9.34. The molecule has 0 unspecified atom stereocenters. The van der Waals surface area contributed by atoms with Gasteiger partial charge in [-0.3, -0.25) is 0 Å². The van der Waals surface area contributed by atoms with E-state index >= 15 is 0 Å². The molecule has 0 saturated heterocycles. The Bertz CT molecular complexity index is 557. The number of aromatic nitrogens is 4. The van der Waals surface area contributed by atoms with Gasteiger partial charge in [0.2, 0.25) is 5.88 Å². The molecule has 6 heteroatoms. The van der Waals surface area contributed by atoms with E-state index in [4.69, 9.17) is 4.74 Å². The van der Waals surface area contributed by atoms with Crippen molar-refractivity contribution in [3.05, 3.63) is 29.8 Å². The number of methoxy groups -OCH3 is 1. The smallest absolute Gasteiger partial charge is 0.216 e. The van der Waals surface area contributed by atoms with Crippen molar-refractivity contribution in [2.75, 3.05) is 7.11 Å². The van der Waals surface area contributed by atoms with Crippen molar-refractivity contribution >= 4 is 0 Å². The van der Waals surface area contributed by atoms with Crippen LogP contribution in [0.1, 0.15) is 11.3 Å². The minimum atomic E-state index is 0.511. The van der Waals surface area contributed by atoms with Gasteiger partial charge in [-0.15, -0.1) is 0 Å². The summed E-state index contributed by atoms with van der Waals surface area (Å²) in [5.74, 6) is 1.12. The van der Waals surface area contributed by atoms with Gasteiger partial charge in [0.15, 0.2) is 5.82 Å². The molecular weight excluding hydrogens is 218 g/mol. The highest BCUT2D eigenvalue weighted by atomic mass is 16.5. The molecule has 0 atom stereocenters. The van der Waals surface area contributed by atoms with Gasteiger partial charge in [-0.05, 0) is 0 Å². The average Bonchev–Trinajstić information content (AvgIpc) is 2.86. The maximum Gasteiger partial charge on any atom is 0.216 e. The molecule has 2 aromatic heterocycles. The van der Waals surface area contributed by atoms with Crippen molar-refractivity contribution in [1.82, 2.24) is 25.3 Å². The van der Waals surface area contributed by atoms with E-state index in [1.165, 1.54) is 6.33 Å². The summed E-state index contributed by atoms with van der Waals surface area (Å²) >= 11 is 0. The number of nitrogens with zero attached hydrogens (tertiary/aromatic N) is 4. The Labute approximate surface area is 98.1 Å². The van der Waals surface area contributed by atoms with E-state index in [1.54, 1.807) is 13.2 Å². The van der Waals surface area contributed by atoms with E-state index in [0.29, 0.717) is 17.4 Å². The number of hydrogen-bond acceptors (Lipinski definition) is 6. The minimum absolute atomic E-state index is 0.511. The number of fused-ring (bicyclic) bond motifs is 1. The summed E-state index contributed by atoms with van der Waals surface area (Å²) in [6.45, 7) is 1.62. The standard InChI is InChI=1S/C11H11N5O/c1-17-10-2-8(14-6-15-10)11-13-4-7-3-12-5-9(7)16-11/h2,4,6,12H,3,5H2,1H3. The molecule has 0 aromatic carbocycles. The number of rotatable bonds is 2. The van der Waals surface area contributed by atoms with Gasteiger partial charge in [0.05, 0.1) is 12.8 Å². The first-order valence-corrected chi connectivity index (χ1v) is 5.29. The van der Waals surface area contributed by atoms with Gasteiger partial charge in [0.25, 0.3) is 0 Å². The lowest BCUT2D eigenvalue weighted by molar-refractivity contribution is 0.397. The zero-order valence-electron chi connectivity index (χ0n) is 9.34. The van der Waals surface area contributed by atoms with Crippen LogP contribution in [0, 0.1) is 0 Å². The summed E-state index contributed by atoms with van der Waals surface area (Å²) in [6, 6.07) is 1.73. The first-order chi connectivity index (χ1) is 8.36. The quantitative estimate of drug-likeness (QED) is 0.810. The van der Waals surface area contributed by atoms with Crippen molar-refractivity contribution in [1.29, 1.82) is 0 Å². The molecule has 0 aliphatic carbocycles. The lowest BCUT2D eigenvalue weighted by atomic mass is 10.2. The molecule has 0 radical (unpaired) electrons. The van der Waals surface area contributed by atoms with Crippen LogP contribution < -0.4 is 10.1 Å². The molecule has 17 heavy (non-hydrogen) atoms. The van der Waals surface area contributed by atoms with Gasteiger partial charge in [-0.25, -0.2) is 19.9 Å². The lowest BCUT2D eigenvalue weighted by Gasteiger charge is -2.03. The fourth-order valence-corrected chi connectivity index (χ4v) is 1.76. The Morgan fingerprint density at radius 3 is 3.06 bits per heavy atom. The molecule has 0 saturated carbocycles. The fraction of sp³-hybridized carbons (Fsp3) is 0.273. The molecular formula is C11H11N5O. The second kappa shape index (κ2) is 4.06. The third-order valence-corrected chi connectivity index (χ3v) is 2.64. The second-order valence-corrected chi connectivity index (χ2v) is 3.71. The Morgan fingerprint density at radius 1 is 1.24 bits per heavy atom. The molecule has 1 aliphatic heterocycles. The minimum Gasteiger partial charge on any atom is -0.481 e. The predicted octanol–water partition coefficient (Wildman–Crippen LogP) is 0.545. The highest BCUT2D eigenvalue weighted by Gasteiger charge is 2.14. The van der Waals surface area contributed by atoms with Gasteiger partial charge in [0.1, 0.15) is 12.0 Å². The number of ether oxygens (including phenoxy) is 1. The monoisotopic (exact) mass is 229 g/mol. The normalized spacial score (nSPS) is 13.5. The molecule has 0 fully saturated rings. The van der Waals surface area contributed by atoms with E-state index in [0.717, 1.165) is 24.3 Å². The van der Waals surface area contributed by atoms with Gasteiger partial charge >= 0.3 is 0 Å². The van der Waals surface area contributed by atoms with Crippen LogP contribution in [-0.4, -0.2) is 27.0 Å². The first kappa shape index (κ1) is 10.1. The summed E-state index contributed by atoms with van der Waals surface area (Å²) < 4.78 is 5.05. The van der Waals surface area contributed by atoms with Crippen LogP contribution in [0.2, 0.25) is 0 Å².